The number of piperazine rings is 1. The highest BCUT2D eigenvalue weighted by atomic mass is 35.5. The number of nitrogens with zero attached hydrogens (tertiary/aromatic N) is 2. The molecular formula is C21H27ClN2O5S. The lowest BCUT2D eigenvalue weighted by molar-refractivity contribution is -0.152. The van der Waals surface area contributed by atoms with Gasteiger partial charge >= 0.3 is 5.97 Å². The van der Waals surface area contributed by atoms with Crippen molar-refractivity contribution < 1.29 is 23.1 Å². The summed E-state index contributed by atoms with van der Waals surface area (Å²) < 4.78 is 33.3. The zero-order chi connectivity index (χ0) is 22.1. The standard InChI is InChI=1S/C21H27ClN2O5S/c1-15-14-18(8-9-19(15)29-21(2,3)20(25)26)30(27,28)24-12-10-23(11-13-24)17-6-4-16(22)5-7-17/h4-6,8-9,14,17H,7,10-13H2,1-3H3,(H,25,26). The molecule has 0 bridgehead atoms. The molecule has 1 unspecified atom stereocenters. The van der Waals surface area contributed by atoms with Crippen LogP contribution < -0.4 is 4.74 Å². The van der Waals surface area contributed by atoms with Crippen molar-refractivity contribution in [3.63, 3.8) is 0 Å². The molecule has 1 aromatic rings. The Morgan fingerprint density at radius 3 is 2.43 bits per heavy atom. The van der Waals surface area contributed by atoms with Crippen LogP contribution in [0.15, 0.2) is 46.4 Å². The third-order valence-corrected chi connectivity index (χ3v) is 7.61. The van der Waals surface area contributed by atoms with Crippen LogP contribution in [0.3, 0.4) is 0 Å². The van der Waals surface area contributed by atoms with E-state index in [1.807, 2.05) is 12.2 Å². The summed E-state index contributed by atoms with van der Waals surface area (Å²) in [7, 11) is -3.64. The highest BCUT2D eigenvalue weighted by Crippen LogP contribution is 2.28. The Hall–Kier alpha value is -1.87. The molecular weight excluding hydrogens is 428 g/mol. The number of aliphatic carboxylic acids is 1. The summed E-state index contributed by atoms with van der Waals surface area (Å²) in [5.74, 6) is -0.746. The Morgan fingerprint density at radius 1 is 1.23 bits per heavy atom. The minimum atomic E-state index is -3.64. The number of sulfonamides is 1. The van der Waals surface area contributed by atoms with Gasteiger partial charge in [0.15, 0.2) is 5.60 Å². The first-order chi connectivity index (χ1) is 14.0. The molecule has 1 heterocycles. The number of carboxylic acids is 1. The van der Waals surface area contributed by atoms with Crippen LogP contribution in [0.25, 0.3) is 0 Å². The van der Waals surface area contributed by atoms with Gasteiger partial charge in [0.05, 0.1) is 4.90 Å². The van der Waals surface area contributed by atoms with Gasteiger partial charge in [0.25, 0.3) is 0 Å². The van der Waals surface area contributed by atoms with E-state index in [0.717, 1.165) is 11.5 Å². The van der Waals surface area contributed by atoms with Crippen LogP contribution in [0.2, 0.25) is 0 Å². The maximum Gasteiger partial charge on any atom is 0.347 e. The Labute approximate surface area is 182 Å². The van der Waals surface area contributed by atoms with Crippen LogP contribution >= 0.6 is 11.6 Å². The Kier molecular flexibility index (Phi) is 6.62. The van der Waals surface area contributed by atoms with Gasteiger partial charge in [-0.25, -0.2) is 13.2 Å². The molecule has 0 amide bonds. The van der Waals surface area contributed by atoms with Crippen molar-refractivity contribution in [2.75, 3.05) is 26.2 Å². The van der Waals surface area contributed by atoms with Crippen molar-refractivity contribution in [2.45, 2.75) is 43.7 Å². The van der Waals surface area contributed by atoms with Crippen molar-refractivity contribution >= 4 is 27.6 Å². The van der Waals surface area contributed by atoms with Crippen molar-refractivity contribution in [3.8, 4) is 5.75 Å². The SMILES string of the molecule is Cc1cc(S(=O)(=O)N2CCN(C3C=CC(Cl)=CC3)CC2)ccc1OC(C)(C)C(=O)O. The first kappa shape index (κ1) is 22.8. The van der Waals surface area contributed by atoms with Gasteiger partial charge in [-0.2, -0.15) is 4.31 Å². The maximum atomic E-state index is 13.1. The van der Waals surface area contributed by atoms with E-state index >= 15 is 0 Å². The van der Waals surface area contributed by atoms with E-state index in [4.69, 9.17) is 16.3 Å². The molecule has 1 atom stereocenters. The highest BCUT2D eigenvalue weighted by molar-refractivity contribution is 7.89. The summed E-state index contributed by atoms with van der Waals surface area (Å²) in [6.45, 7) is 6.72. The second-order valence-corrected chi connectivity index (χ2v) is 10.4. The van der Waals surface area contributed by atoms with Gasteiger partial charge in [0.1, 0.15) is 5.75 Å². The smallest absolute Gasteiger partial charge is 0.347 e. The zero-order valence-corrected chi connectivity index (χ0v) is 18.9. The first-order valence-corrected chi connectivity index (χ1v) is 11.6. The fourth-order valence-corrected chi connectivity index (χ4v) is 5.16. The molecule has 1 aliphatic heterocycles. The summed E-state index contributed by atoms with van der Waals surface area (Å²) in [4.78, 5) is 13.7. The monoisotopic (exact) mass is 454 g/mol. The molecule has 0 radical (unpaired) electrons. The molecule has 0 spiro atoms. The van der Waals surface area contributed by atoms with Crippen molar-refractivity contribution in [1.82, 2.24) is 9.21 Å². The average molecular weight is 455 g/mol. The Morgan fingerprint density at radius 2 is 1.90 bits per heavy atom. The predicted octanol–water partition coefficient (Wildman–Crippen LogP) is 2.99. The van der Waals surface area contributed by atoms with Crippen LogP contribution in [0.1, 0.15) is 25.8 Å². The van der Waals surface area contributed by atoms with Crippen molar-refractivity contribution in [3.05, 3.63) is 47.0 Å². The van der Waals surface area contributed by atoms with Gasteiger partial charge < -0.3 is 9.84 Å². The van der Waals surface area contributed by atoms with E-state index in [1.54, 1.807) is 6.92 Å². The Bertz CT molecular complexity index is 979. The molecule has 0 aromatic heterocycles. The number of hydrogen-bond donors (Lipinski definition) is 1. The largest absolute Gasteiger partial charge is 0.478 e. The molecule has 1 aliphatic carbocycles. The lowest BCUT2D eigenvalue weighted by atomic mass is 10.1. The predicted molar refractivity (Wildman–Crippen MR) is 115 cm³/mol. The molecule has 7 nitrogen and oxygen atoms in total. The van der Waals surface area contributed by atoms with Gasteiger partial charge in [0.2, 0.25) is 10.0 Å². The van der Waals surface area contributed by atoms with Gasteiger partial charge in [-0.05, 0) is 57.0 Å². The molecule has 1 aromatic carbocycles. The highest BCUT2D eigenvalue weighted by Gasteiger charge is 2.32. The summed E-state index contributed by atoms with van der Waals surface area (Å²) in [6, 6.07) is 4.77. The molecule has 1 saturated heterocycles. The van der Waals surface area contributed by atoms with Gasteiger partial charge in [-0.15, -0.1) is 0 Å². The van der Waals surface area contributed by atoms with E-state index in [2.05, 4.69) is 11.0 Å². The lowest BCUT2D eigenvalue weighted by Crippen LogP contribution is -2.51. The zero-order valence-electron chi connectivity index (χ0n) is 17.3. The second kappa shape index (κ2) is 8.70. The maximum absolute atomic E-state index is 13.1. The minimum absolute atomic E-state index is 0.182. The van der Waals surface area contributed by atoms with Gasteiger partial charge in [0, 0.05) is 37.3 Å². The number of aryl methyl sites for hydroxylation is 1. The number of benzene rings is 1. The summed E-state index contributed by atoms with van der Waals surface area (Å²) >= 11 is 5.98. The van der Waals surface area contributed by atoms with Crippen LogP contribution in [-0.2, 0) is 14.8 Å². The normalized spacial score (nSPS) is 21.3. The molecule has 1 N–H and O–H groups in total. The molecule has 1 fully saturated rings. The van der Waals surface area contributed by atoms with Crippen LogP contribution in [0.4, 0.5) is 0 Å². The number of rotatable bonds is 6. The number of carbonyl (C=O) groups is 1. The van der Waals surface area contributed by atoms with Crippen molar-refractivity contribution in [1.29, 1.82) is 0 Å². The van der Waals surface area contributed by atoms with Crippen LogP contribution in [-0.4, -0.2) is 66.5 Å². The van der Waals surface area contributed by atoms with Crippen LogP contribution in [0, 0.1) is 6.92 Å². The fraction of sp³-hybridized carbons (Fsp3) is 0.476. The van der Waals surface area contributed by atoms with E-state index in [1.165, 1.54) is 36.4 Å². The lowest BCUT2D eigenvalue weighted by Gasteiger charge is -2.38. The molecule has 164 valence electrons. The van der Waals surface area contributed by atoms with Gasteiger partial charge in [-0.1, -0.05) is 23.8 Å². The van der Waals surface area contributed by atoms with E-state index in [9.17, 15) is 18.3 Å². The number of allylic oxidation sites excluding steroid dienone is 2. The summed E-state index contributed by atoms with van der Waals surface area (Å²) in [6.07, 6.45) is 6.76. The summed E-state index contributed by atoms with van der Waals surface area (Å²) in [5.41, 5.74) is -0.839. The third-order valence-electron chi connectivity index (χ3n) is 5.44. The number of hydrogen-bond acceptors (Lipinski definition) is 5. The van der Waals surface area contributed by atoms with E-state index in [0.29, 0.717) is 37.5 Å². The topological polar surface area (TPSA) is 87.2 Å². The molecule has 30 heavy (non-hydrogen) atoms. The van der Waals surface area contributed by atoms with Crippen molar-refractivity contribution in [2.24, 2.45) is 0 Å². The summed E-state index contributed by atoms with van der Waals surface area (Å²) in [5, 5.41) is 9.97. The number of carboxylic acid groups (broad SMARTS) is 1. The van der Waals surface area contributed by atoms with Gasteiger partial charge in [-0.3, -0.25) is 4.90 Å². The number of halogens is 1. The molecule has 2 aliphatic rings. The Balaban J connectivity index is 1.68. The molecule has 9 heteroatoms. The first-order valence-electron chi connectivity index (χ1n) is 9.82. The quantitative estimate of drug-likeness (QED) is 0.711. The molecule has 3 rings (SSSR count). The minimum Gasteiger partial charge on any atom is -0.478 e. The molecule has 0 saturated carbocycles. The van der Waals surface area contributed by atoms with E-state index in [-0.39, 0.29) is 10.9 Å². The second-order valence-electron chi connectivity index (χ2n) is 8.04. The van der Waals surface area contributed by atoms with E-state index < -0.39 is 21.6 Å². The van der Waals surface area contributed by atoms with Crippen LogP contribution in [0.5, 0.6) is 5.75 Å². The fourth-order valence-electron chi connectivity index (χ4n) is 3.49. The average Bonchev–Trinajstić information content (AvgIpc) is 2.70. The number of ether oxygens (including phenoxy) is 1. The third kappa shape index (κ3) is 4.88.